The Bertz CT molecular complexity index is 1250. The van der Waals surface area contributed by atoms with E-state index >= 15 is 0 Å². The molecule has 4 aromatic rings. The van der Waals surface area contributed by atoms with Gasteiger partial charge in [-0.15, -0.1) is 11.3 Å². The lowest BCUT2D eigenvalue weighted by Gasteiger charge is -2.14. The number of benzene rings is 2. The van der Waals surface area contributed by atoms with E-state index in [0.717, 1.165) is 0 Å². The maximum Gasteiger partial charge on any atom is 0.311 e. The molecule has 0 aliphatic heterocycles. The molecule has 0 unspecified atom stereocenters. The summed E-state index contributed by atoms with van der Waals surface area (Å²) < 4.78 is 6.74. The summed E-state index contributed by atoms with van der Waals surface area (Å²) in [6.07, 6.45) is 0.0647. The van der Waals surface area contributed by atoms with E-state index < -0.39 is 0 Å². The van der Waals surface area contributed by atoms with E-state index in [9.17, 15) is 14.4 Å². The van der Waals surface area contributed by atoms with Crippen molar-refractivity contribution in [3.8, 4) is 0 Å². The average Bonchev–Trinajstić information content (AvgIpc) is 3.17. The molecule has 8 heteroatoms. The number of hydrogen-bond donors (Lipinski definition) is 1. The third-order valence-electron chi connectivity index (χ3n) is 4.61. The topological polar surface area (TPSA) is 90.3 Å². The monoisotopic (exact) mass is 421 g/mol. The van der Waals surface area contributed by atoms with Crippen LogP contribution in [-0.2, 0) is 27.3 Å². The molecule has 0 saturated heterocycles. The molecule has 2 aromatic heterocycles. The predicted octanol–water partition coefficient (Wildman–Crippen LogP) is 3.36. The number of esters is 1. The van der Waals surface area contributed by atoms with Crippen LogP contribution in [-0.4, -0.2) is 28.0 Å². The molecule has 0 atom stereocenters. The van der Waals surface area contributed by atoms with Crippen LogP contribution in [0.5, 0.6) is 0 Å². The molecule has 0 aliphatic rings. The number of nitrogens with one attached hydrogen (secondary N) is 1. The fourth-order valence-corrected chi connectivity index (χ4v) is 4.08. The molecule has 1 N–H and O–H groups in total. The van der Waals surface area contributed by atoms with Crippen LogP contribution >= 0.6 is 11.3 Å². The number of amides is 1. The Kier molecular flexibility index (Phi) is 5.58. The Morgan fingerprint density at radius 1 is 1.07 bits per heavy atom. The molecule has 7 nitrogen and oxygen atoms in total. The number of anilines is 1. The molecule has 152 valence electrons. The number of fused-ring (bicyclic) bond motifs is 2. The minimum atomic E-state index is -0.355. The SMILES string of the molecule is CCOC(=O)Cc1csc(NC(=O)Cn2c3ccccc3c(=O)c3ccccc32)n1. The van der Waals surface area contributed by atoms with Gasteiger partial charge in [-0.2, -0.15) is 0 Å². The van der Waals surface area contributed by atoms with Crippen molar-refractivity contribution in [3.63, 3.8) is 0 Å². The van der Waals surface area contributed by atoms with E-state index in [-0.39, 0.29) is 30.3 Å². The van der Waals surface area contributed by atoms with E-state index in [1.54, 1.807) is 24.4 Å². The lowest BCUT2D eigenvalue weighted by molar-refractivity contribution is -0.142. The van der Waals surface area contributed by atoms with Gasteiger partial charge in [-0.05, 0) is 31.2 Å². The summed E-state index contributed by atoms with van der Waals surface area (Å²) in [5.41, 5.74) is 1.88. The van der Waals surface area contributed by atoms with Crippen molar-refractivity contribution < 1.29 is 14.3 Å². The highest BCUT2D eigenvalue weighted by molar-refractivity contribution is 7.13. The van der Waals surface area contributed by atoms with E-state index in [0.29, 0.717) is 39.2 Å². The molecule has 2 heterocycles. The van der Waals surface area contributed by atoms with Gasteiger partial charge in [0.25, 0.3) is 0 Å². The number of rotatable bonds is 6. The number of carbonyl (C=O) groups excluding carboxylic acids is 2. The molecule has 1 amide bonds. The molecule has 0 saturated carbocycles. The van der Waals surface area contributed by atoms with Gasteiger partial charge in [0.15, 0.2) is 10.6 Å². The van der Waals surface area contributed by atoms with Crippen LogP contribution in [0.25, 0.3) is 21.8 Å². The van der Waals surface area contributed by atoms with Crippen molar-refractivity contribution in [2.75, 3.05) is 11.9 Å². The molecule has 0 bridgehead atoms. The zero-order valence-corrected chi connectivity index (χ0v) is 17.1. The number of ether oxygens (including phenoxy) is 1. The second kappa shape index (κ2) is 8.46. The first-order valence-electron chi connectivity index (χ1n) is 9.47. The first kappa shape index (κ1) is 19.8. The first-order chi connectivity index (χ1) is 14.6. The number of aromatic nitrogens is 2. The Labute approximate surface area is 175 Å². The highest BCUT2D eigenvalue weighted by Crippen LogP contribution is 2.20. The van der Waals surface area contributed by atoms with E-state index in [1.165, 1.54) is 11.3 Å². The van der Waals surface area contributed by atoms with Crippen LogP contribution in [0.15, 0.2) is 58.7 Å². The smallest absolute Gasteiger partial charge is 0.311 e. The van der Waals surface area contributed by atoms with Gasteiger partial charge in [0.1, 0.15) is 6.54 Å². The van der Waals surface area contributed by atoms with Crippen LogP contribution in [0, 0.1) is 0 Å². The van der Waals surface area contributed by atoms with Gasteiger partial charge in [0, 0.05) is 16.2 Å². The van der Waals surface area contributed by atoms with Crippen molar-refractivity contribution in [1.82, 2.24) is 9.55 Å². The number of thiazole rings is 1. The molecule has 4 rings (SSSR count). The summed E-state index contributed by atoms with van der Waals surface area (Å²) >= 11 is 1.25. The summed E-state index contributed by atoms with van der Waals surface area (Å²) in [4.78, 5) is 41.4. The number of carbonyl (C=O) groups is 2. The normalized spacial score (nSPS) is 11.0. The van der Waals surface area contributed by atoms with Gasteiger partial charge in [0.05, 0.1) is 29.8 Å². The average molecular weight is 421 g/mol. The highest BCUT2D eigenvalue weighted by atomic mass is 32.1. The Hall–Kier alpha value is -3.52. The maximum absolute atomic E-state index is 12.8. The van der Waals surface area contributed by atoms with Crippen molar-refractivity contribution in [3.05, 3.63) is 69.8 Å². The quantitative estimate of drug-likeness (QED) is 0.381. The summed E-state index contributed by atoms with van der Waals surface area (Å²) in [5.74, 6) is -0.627. The molecule has 0 aliphatic carbocycles. The summed E-state index contributed by atoms with van der Waals surface area (Å²) in [6.45, 7) is 2.08. The number of nitrogens with zero attached hydrogens (tertiary/aromatic N) is 2. The highest BCUT2D eigenvalue weighted by Gasteiger charge is 2.14. The minimum absolute atomic E-state index is 0.0219. The Balaban J connectivity index is 1.61. The van der Waals surface area contributed by atoms with Gasteiger partial charge in [-0.3, -0.25) is 14.4 Å². The van der Waals surface area contributed by atoms with E-state index in [2.05, 4.69) is 10.3 Å². The molecule has 0 spiro atoms. The van der Waals surface area contributed by atoms with Crippen molar-refractivity contribution >= 4 is 50.2 Å². The second-order valence-electron chi connectivity index (χ2n) is 6.62. The van der Waals surface area contributed by atoms with Gasteiger partial charge in [0.2, 0.25) is 5.91 Å². The van der Waals surface area contributed by atoms with Crippen molar-refractivity contribution in [1.29, 1.82) is 0 Å². The fraction of sp³-hybridized carbons (Fsp3) is 0.182. The number of para-hydroxylation sites is 2. The molecule has 30 heavy (non-hydrogen) atoms. The Morgan fingerprint density at radius 3 is 2.33 bits per heavy atom. The zero-order chi connectivity index (χ0) is 21.1. The van der Waals surface area contributed by atoms with Crippen LogP contribution in [0.1, 0.15) is 12.6 Å². The standard InChI is InChI=1S/C22H19N3O4S/c1-2-29-20(27)11-14-13-30-22(23-14)24-19(26)12-25-17-9-5-3-7-15(17)21(28)16-8-4-6-10-18(16)25/h3-10,13H,2,11-12H2,1H3,(H,23,24,26). The number of pyridine rings is 1. The summed E-state index contributed by atoms with van der Waals surface area (Å²) in [7, 11) is 0. The summed E-state index contributed by atoms with van der Waals surface area (Å²) in [5, 5.41) is 6.04. The largest absolute Gasteiger partial charge is 0.466 e. The lowest BCUT2D eigenvalue weighted by atomic mass is 10.1. The summed E-state index contributed by atoms with van der Waals surface area (Å²) in [6, 6.07) is 14.5. The van der Waals surface area contributed by atoms with Crippen LogP contribution < -0.4 is 10.7 Å². The van der Waals surface area contributed by atoms with Crippen LogP contribution in [0.2, 0.25) is 0 Å². The molecular weight excluding hydrogens is 402 g/mol. The van der Waals surface area contributed by atoms with Gasteiger partial charge < -0.3 is 14.6 Å². The van der Waals surface area contributed by atoms with Gasteiger partial charge >= 0.3 is 5.97 Å². The van der Waals surface area contributed by atoms with Crippen molar-refractivity contribution in [2.24, 2.45) is 0 Å². The predicted molar refractivity (Wildman–Crippen MR) is 117 cm³/mol. The molecule has 0 fully saturated rings. The van der Waals surface area contributed by atoms with Gasteiger partial charge in [-0.1, -0.05) is 24.3 Å². The third-order valence-corrected chi connectivity index (χ3v) is 5.42. The lowest BCUT2D eigenvalue weighted by Crippen LogP contribution is -2.21. The second-order valence-corrected chi connectivity index (χ2v) is 7.48. The van der Waals surface area contributed by atoms with Crippen LogP contribution in [0.4, 0.5) is 5.13 Å². The third kappa shape index (κ3) is 3.95. The van der Waals surface area contributed by atoms with E-state index in [4.69, 9.17) is 4.74 Å². The van der Waals surface area contributed by atoms with Crippen LogP contribution in [0.3, 0.4) is 0 Å². The fourth-order valence-electron chi connectivity index (χ4n) is 3.36. The minimum Gasteiger partial charge on any atom is -0.466 e. The first-order valence-corrected chi connectivity index (χ1v) is 10.3. The van der Waals surface area contributed by atoms with Gasteiger partial charge in [-0.25, -0.2) is 4.98 Å². The zero-order valence-electron chi connectivity index (χ0n) is 16.3. The molecular formula is C22H19N3O4S. The Morgan fingerprint density at radius 2 is 1.70 bits per heavy atom. The molecule has 0 radical (unpaired) electrons. The van der Waals surface area contributed by atoms with E-state index in [1.807, 2.05) is 41.0 Å². The van der Waals surface area contributed by atoms with Crippen molar-refractivity contribution in [2.45, 2.75) is 19.9 Å². The number of hydrogen-bond acceptors (Lipinski definition) is 6. The molecule has 2 aromatic carbocycles. The maximum atomic E-state index is 12.8.